The van der Waals surface area contributed by atoms with E-state index in [1.165, 1.54) is 68.4 Å². The molecule has 0 radical (unpaired) electrons. The van der Waals surface area contributed by atoms with Gasteiger partial charge in [0.15, 0.2) is 0 Å². The molecule has 0 amide bonds. The predicted molar refractivity (Wildman–Crippen MR) is 118 cm³/mol. The molecule has 154 valence electrons. The van der Waals surface area contributed by atoms with Gasteiger partial charge >= 0.3 is 0 Å². The van der Waals surface area contributed by atoms with Crippen molar-refractivity contribution in [3.05, 3.63) is 64.2 Å². The monoisotopic (exact) mass is 413 g/mol. The van der Waals surface area contributed by atoms with Crippen LogP contribution < -0.4 is 0 Å². The largest absolute Gasteiger partial charge is 0.241 e. The molecule has 4 rings (SSSR count). The van der Waals surface area contributed by atoms with Crippen molar-refractivity contribution in [1.82, 2.24) is 4.98 Å². The van der Waals surface area contributed by atoms with E-state index in [-0.39, 0.29) is 11.6 Å². The van der Waals surface area contributed by atoms with Gasteiger partial charge < -0.3 is 0 Å². The number of thiazole rings is 1. The van der Waals surface area contributed by atoms with Crippen molar-refractivity contribution in [3.63, 3.8) is 0 Å². The number of fused-ring (bicyclic) bond motifs is 1. The van der Waals surface area contributed by atoms with Gasteiger partial charge in [-0.15, -0.1) is 11.3 Å². The second kappa shape index (κ2) is 9.34. The van der Waals surface area contributed by atoms with Crippen LogP contribution in [0.1, 0.15) is 73.9 Å². The molecule has 1 aliphatic rings. The lowest BCUT2D eigenvalue weighted by Gasteiger charge is -2.29. The van der Waals surface area contributed by atoms with Crippen molar-refractivity contribution >= 4 is 21.6 Å². The van der Waals surface area contributed by atoms with Crippen molar-refractivity contribution in [2.75, 3.05) is 0 Å². The summed E-state index contributed by atoms with van der Waals surface area (Å²) in [5, 5.41) is 0.930. The molecule has 1 saturated carbocycles. The SMILES string of the molecule is CCCCC1CCC(c2ccc(CCc3nc4ccc(F)cc4s3)c(F)c2)CC1. The van der Waals surface area contributed by atoms with Gasteiger partial charge in [-0.1, -0.05) is 38.3 Å². The van der Waals surface area contributed by atoms with Gasteiger partial charge in [-0.2, -0.15) is 0 Å². The van der Waals surface area contributed by atoms with Crippen molar-refractivity contribution in [2.45, 2.75) is 70.6 Å². The van der Waals surface area contributed by atoms with Gasteiger partial charge in [0, 0.05) is 6.42 Å². The number of nitrogens with zero attached hydrogens (tertiary/aromatic N) is 1. The Kier molecular flexibility index (Phi) is 6.59. The quantitative estimate of drug-likeness (QED) is 0.385. The molecular weight excluding hydrogens is 384 g/mol. The first-order valence-corrected chi connectivity index (χ1v) is 11.8. The zero-order chi connectivity index (χ0) is 20.2. The van der Waals surface area contributed by atoms with Crippen LogP contribution in [0.5, 0.6) is 0 Å². The molecule has 0 spiro atoms. The summed E-state index contributed by atoms with van der Waals surface area (Å²) >= 11 is 1.49. The highest BCUT2D eigenvalue weighted by Gasteiger charge is 2.22. The zero-order valence-corrected chi connectivity index (χ0v) is 17.9. The highest BCUT2D eigenvalue weighted by molar-refractivity contribution is 7.18. The lowest BCUT2D eigenvalue weighted by molar-refractivity contribution is 0.304. The molecule has 2 aromatic carbocycles. The van der Waals surface area contributed by atoms with Crippen molar-refractivity contribution in [2.24, 2.45) is 5.92 Å². The van der Waals surface area contributed by atoms with Crippen LogP contribution in [0.4, 0.5) is 8.78 Å². The molecule has 0 saturated heterocycles. The fraction of sp³-hybridized carbons (Fsp3) is 0.480. The minimum absolute atomic E-state index is 0.0947. The molecular formula is C25H29F2NS. The van der Waals surface area contributed by atoms with Crippen LogP contribution in [0.3, 0.4) is 0 Å². The summed E-state index contributed by atoms with van der Waals surface area (Å²) in [7, 11) is 0. The van der Waals surface area contributed by atoms with E-state index < -0.39 is 0 Å². The van der Waals surface area contributed by atoms with Crippen LogP contribution in [-0.2, 0) is 12.8 Å². The molecule has 0 N–H and O–H groups in total. The molecule has 0 aliphatic heterocycles. The zero-order valence-electron chi connectivity index (χ0n) is 17.1. The molecule has 1 aliphatic carbocycles. The maximum absolute atomic E-state index is 14.7. The summed E-state index contributed by atoms with van der Waals surface area (Å²) in [6, 6.07) is 10.5. The predicted octanol–water partition coefficient (Wildman–Crippen LogP) is 7.82. The van der Waals surface area contributed by atoms with E-state index in [1.54, 1.807) is 12.1 Å². The standard InChI is InChI=1S/C25H29F2NS/c1-2-3-4-17-5-7-18(8-6-17)20-10-9-19(22(27)15-20)11-14-25-28-23-13-12-21(26)16-24(23)29-25/h9-10,12-13,15-18H,2-8,11,14H2,1H3. The minimum atomic E-state index is -0.242. The molecule has 4 heteroatoms. The van der Waals surface area contributed by atoms with E-state index >= 15 is 0 Å². The average molecular weight is 414 g/mol. The second-order valence-electron chi connectivity index (χ2n) is 8.43. The van der Waals surface area contributed by atoms with E-state index in [2.05, 4.69) is 18.0 Å². The number of hydrogen-bond acceptors (Lipinski definition) is 2. The number of hydrogen-bond donors (Lipinski definition) is 0. The Balaban J connectivity index is 1.36. The van der Waals surface area contributed by atoms with E-state index in [0.717, 1.165) is 32.3 Å². The summed E-state index contributed by atoms with van der Waals surface area (Å²) in [4.78, 5) is 4.55. The summed E-state index contributed by atoms with van der Waals surface area (Å²) in [6.07, 6.45) is 10.2. The Labute approximate surface area is 176 Å². The minimum Gasteiger partial charge on any atom is -0.241 e. The van der Waals surface area contributed by atoms with Crippen LogP contribution in [-0.4, -0.2) is 4.98 Å². The lowest BCUT2D eigenvalue weighted by atomic mass is 9.77. The third-order valence-corrected chi connectivity index (χ3v) is 7.44. The Hall–Kier alpha value is -1.81. The summed E-state index contributed by atoms with van der Waals surface area (Å²) in [5.41, 5.74) is 2.73. The van der Waals surface area contributed by atoms with E-state index in [9.17, 15) is 8.78 Å². The van der Waals surface area contributed by atoms with Crippen molar-refractivity contribution < 1.29 is 8.78 Å². The van der Waals surface area contributed by atoms with E-state index in [0.29, 0.717) is 18.8 Å². The van der Waals surface area contributed by atoms with Gasteiger partial charge in [0.1, 0.15) is 11.6 Å². The summed E-state index contributed by atoms with van der Waals surface area (Å²) < 4.78 is 28.9. The van der Waals surface area contributed by atoms with Gasteiger partial charge in [0.2, 0.25) is 0 Å². The molecule has 29 heavy (non-hydrogen) atoms. The van der Waals surface area contributed by atoms with Crippen molar-refractivity contribution in [3.8, 4) is 0 Å². The normalized spacial score (nSPS) is 19.7. The number of halogens is 2. The number of aromatic nitrogens is 1. The molecule has 1 nitrogen and oxygen atoms in total. The van der Waals surface area contributed by atoms with Gasteiger partial charge in [0.25, 0.3) is 0 Å². The molecule has 1 fully saturated rings. The first kappa shape index (κ1) is 20.5. The Morgan fingerprint density at radius 2 is 1.83 bits per heavy atom. The third kappa shape index (κ3) is 5.03. The van der Waals surface area contributed by atoms with Crippen LogP contribution in [0.15, 0.2) is 36.4 Å². The molecule has 0 bridgehead atoms. The van der Waals surface area contributed by atoms with Gasteiger partial charge in [0.05, 0.1) is 15.2 Å². The van der Waals surface area contributed by atoms with Crippen LogP contribution in [0.2, 0.25) is 0 Å². The number of rotatable bonds is 7. The highest BCUT2D eigenvalue weighted by atomic mass is 32.1. The average Bonchev–Trinajstić information content (AvgIpc) is 3.13. The van der Waals surface area contributed by atoms with Crippen LogP contribution in [0.25, 0.3) is 10.2 Å². The summed E-state index contributed by atoms with van der Waals surface area (Å²) in [6.45, 7) is 2.26. The lowest BCUT2D eigenvalue weighted by Crippen LogP contribution is -2.13. The first-order valence-electron chi connectivity index (χ1n) is 11.0. The molecule has 1 aromatic heterocycles. The second-order valence-corrected chi connectivity index (χ2v) is 9.55. The number of benzene rings is 2. The van der Waals surface area contributed by atoms with Gasteiger partial charge in [-0.3, -0.25) is 0 Å². The molecule has 1 heterocycles. The molecule has 3 aromatic rings. The van der Waals surface area contributed by atoms with Gasteiger partial charge in [-0.25, -0.2) is 13.8 Å². The maximum Gasteiger partial charge on any atom is 0.126 e. The number of aryl methyl sites for hydroxylation is 2. The smallest absolute Gasteiger partial charge is 0.126 e. The fourth-order valence-corrected chi connectivity index (χ4v) is 5.58. The molecule has 0 atom stereocenters. The third-order valence-electron chi connectivity index (χ3n) is 6.36. The number of unbranched alkanes of at least 4 members (excludes halogenated alkanes) is 1. The highest BCUT2D eigenvalue weighted by Crippen LogP contribution is 2.38. The fourth-order valence-electron chi connectivity index (χ4n) is 4.59. The topological polar surface area (TPSA) is 12.9 Å². The summed E-state index contributed by atoms with van der Waals surface area (Å²) in [5.74, 6) is 1.05. The van der Waals surface area contributed by atoms with Crippen molar-refractivity contribution in [1.29, 1.82) is 0 Å². The van der Waals surface area contributed by atoms with Crippen LogP contribution in [0, 0.1) is 17.6 Å². The molecule has 0 unspecified atom stereocenters. The Morgan fingerprint density at radius 3 is 2.59 bits per heavy atom. The first-order chi connectivity index (χ1) is 14.1. The Bertz CT molecular complexity index is 957. The van der Waals surface area contributed by atoms with E-state index in [1.807, 2.05) is 6.07 Å². The van der Waals surface area contributed by atoms with Crippen LogP contribution >= 0.6 is 11.3 Å². The Morgan fingerprint density at radius 1 is 1.00 bits per heavy atom. The maximum atomic E-state index is 14.7. The van der Waals surface area contributed by atoms with E-state index in [4.69, 9.17) is 0 Å². The van der Waals surface area contributed by atoms with Gasteiger partial charge in [-0.05, 0) is 79.3 Å².